The van der Waals surface area contributed by atoms with Crippen molar-refractivity contribution in [3.8, 4) is 11.4 Å². The second-order valence-corrected chi connectivity index (χ2v) is 5.18. The van der Waals surface area contributed by atoms with Crippen LogP contribution in [0.3, 0.4) is 0 Å². The summed E-state index contributed by atoms with van der Waals surface area (Å²) in [5.74, 6) is 1.29. The summed E-state index contributed by atoms with van der Waals surface area (Å²) in [5.41, 5.74) is 6.85. The summed E-state index contributed by atoms with van der Waals surface area (Å²) >= 11 is 3.36. The molecule has 0 amide bonds. The van der Waals surface area contributed by atoms with Crippen LogP contribution in [0.2, 0.25) is 0 Å². The number of pyridine rings is 1. The highest BCUT2D eigenvalue weighted by Gasteiger charge is 2.20. The molecule has 6 heteroatoms. The average molecular weight is 311 g/mol. The van der Waals surface area contributed by atoms with E-state index in [9.17, 15) is 0 Å². The normalized spacial score (nSPS) is 14.4. The summed E-state index contributed by atoms with van der Waals surface area (Å²) in [7, 11) is 0. The highest BCUT2D eigenvalue weighted by atomic mass is 79.9. The lowest BCUT2D eigenvalue weighted by atomic mass is 10.0. The first kappa shape index (κ1) is 13.2. The molecule has 0 aliphatic carbocycles. The summed E-state index contributed by atoms with van der Waals surface area (Å²) in [6.07, 6.45) is 4.36. The molecule has 2 atom stereocenters. The van der Waals surface area contributed by atoms with Crippen LogP contribution in [0.1, 0.15) is 32.2 Å². The van der Waals surface area contributed by atoms with Gasteiger partial charge in [-0.2, -0.15) is 4.98 Å². The number of hydrogen-bond acceptors (Lipinski definition) is 5. The second kappa shape index (κ2) is 5.58. The van der Waals surface area contributed by atoms with Crippen molar-refractivity contribution in [1.29, 1.82) is 0 Å². The van der Waals surface area contributed by atoms with E-state index in [1.807, 2.05) is 6.07 Å². The molecule has 2 heterocycles. The maximum absolute atomic E-state index is 6.05. The third-order valence-electron chi connectivity index (χ3n) is 2.95. The quantitative estimate of drug-likeness (QED) is 0.939. The van der Waals surface area contributed by atoms with Crippen molar-refractivity contribution >= 4 is 15.9 Å². The number of hydrogen-bond donors (Lipinski definition) is 1. The van der Waals surface area contributed by atoms with E-state index in [1.54, 1.807) is 12.4 Å². The van der Waals surface area contributed by atoms with Crippen LogP contribution >= 0.6 is 15.9 Å². The molecule has 1 unspecified atom stereocenters. The Balaban J connectivity index is 2.25. The Labute approximate surface area is 114 Å². The van der Waals surface area contributed by atoms with E-state index in [0.717, 1.165) is 16.5 Å². The lowest BCUT2D eigenvalue weighted by Gasteiger charge is -2.12. The number of halogens is 1. The lowest BCUT2D eigenvalue weighted by molar-refractivity contribution is 0.312. The maximum atomic E-state index is 6.05. The smallest absolute Gasteiger partial charge is 0.244 e. The van der Waals surface area contributed by atoms with Gasteiger partial charge in [0, 0.05) is 22.4 Å². The van der Waals surface area contributed by atoms with Crippen LogP contribution in [0, 0.1) is 5.92 Å². The van der Waals surface area contributed by atoms with Gasteiger partial charge in [-0.1, -0.05) is 25.4 Å². The molecule has 2 aromatic rings. The highest BCUT2D eigenvalue weighted by Crippen LogP contribution is 2.24. The standard InChI is InChI=1S/C12H15BrN4O/c1-3-7(2)10(14)12-16-11(17-18-12)8-4-9(13)6-15-5-8/h4-7,10H,3,14H2,1-2H3/t7?,10-/m0/s1. The van der Waals surface area contributed by atoms with Crippen LogP contribution in [-0.2, 0) is 0 Å². The SMILES string of the molecule is CCC(C)[C@H](N)c1nc(-c2cncc(Br)c2)no1. The van der Waals surface area contributed by atoms with Crippen molar-refractivity contribution in [3.63, 3.8) is 0 Å². The number of aromatic nitrogens is 3. The van der Waals surface area contributed by atoms with Crippen molar-refractivity contribution in [1.82, 2.24) is 15.1 Å². The van der Waals surface area contributed by atoms with Crippen LogP contribution in [0.25, 0.3) is 11.4 Å². The first-order valence-corrected chi connectivity index (χ1v) is 6.61. The van der Waals surface area contributed by atoms with E-state index in [-0.39, 0.29) is 6.04 Å². The molecule has 2 N–H and O–H groups in total. The zero-order valence-corrected chi connectivity index (χ0v) is 11.9. The zero-order valence-electron chi connectivity index (χ0n) is 10.3. The number of nitrogens with two attached hydrogens (primary N) is 1. The van der Waals surface area contributed by atoms with Crippen molar-refractivity contribution < 1.29 is 4.52 Å². The van der Waals surface area contributed by atoms with E-state index >= 15 is 0 Å². The molecule has 0 radical (unpaired) electrons. The summed E-state index contributed by atoms with van der Waals surface area (Å²) < 4.78 is 6.09. The van der Waals surface area contributed by atoms with Gasteiger partial charge in [0.1, 0.15) is 0 Å². The number of rotatable bonds is 4. The van der Waals surface area contributed by atoms with E-state index in [1.165, 1.54) is 0 Å². The Morgan fingerprint density at radius 2 is 2.22 bits per heavy atom. The minimum Gasteiger partial charge on any atom is -0.337 e. The third-order valence-corrected chi connectivity index (χ3v) is 3.38. The fraction of sp³-hybridized carbons (Fsp3) is 0.417. The predicted octanol–water partition coefficient (Wildman–Crippen LogP) is 2.94. The first-order chi connectivity index (χ1) is 8.61. The van der Waals surface area contributed by atoms with Gasteiger partial charge in [0.2, 0.25) is 11.7 Å². The maximum Gasteiger partial charge on any atom is 0.244 e. The molecule has 2 aromatic heterocycles. The van der Waals surface area contributed by atoms with Crippen molar-refractivity contribution in [2.45, 2.75) is 26.3 Å². The molecular formula is C12H15BrN4O. The van der Waals surface area contributed by atoms with Crippen LogP contribution in [0.5, 0.6) is 0 Å². The fourth-order valence-electron chi connectivity index (χ4n) is 1.52. The first-order valence-electron chi connectivity index (χ1n) is 5.82. The Morgan fingerprint density at radius 3 is 2.89 bits per heavy atom. The van der Waals surface area contributed by atoms with Gasteiger partial charge in [0.05, 0.1) is 6.04 Å². The molecule has 5 nitrogen and oxygen atoms in total. The molecule has 0 bridgehead atoms. The molecule has 18 heavy (non-hydrogen) atoms. The number of nitrogens with zero attached hydrogens (tertiary/aromatic N) is 3. The Morgan fingerprint density at radius 1 is 1.44 bits per heavy atom. The van der Waals surface area contributed by atoms with Crippen LogP contribution in [0.15, 0.2) is 27.5 Å². The van der Waals surface area contributed by atoms with E-state index in [2.05, 4.69) is 44.9 Å². The molecule has 0 saturated carbocycles. The van der Waals surface area contributed by atoms with Gasteiger partial charge in [0.15, 0.2) is 0 Å². The van der Waals surface area contributed by atoms with Gasteiger partial charge < -0.3 is 10.3 Å². The van der Waals surface area contributed by atoms with Gasteiger partial charge in [-0.05, 0) is 27.9 Å². The van der Waals surface area contributed by atoms with Gasteiger partial charge in [0.25, 0.3) is 0 Å². The summed E-state index contributed by atoms with van der Waals surface area (Å²) in [6, 6.07) is 1.66. The Bertz CT molecular complexity index is 528. The molecule has 0 saturated heterocycles. The second-order valence-electron chi connectivity index (χ2n) is 4.26. The summed E-state index contributed by atoms with van der Waals surface area (Å²) in [6.45, 7) is 4.15. The average Bonchev–Trinajstić information content (AvgIpc) is 2.86. The van der Waals surface area contributed by atoms with E-state index < -0.39 is 0 Å². The predicted molar refractivity (Wildman–Crippen MR) is 71.6 cm³/mol. The minimum absolute atomic E-state index is 0.226. The van der Waals surface area contributed by atoms with Gasteiger partial charge in [-0.3, -0.25) is 4.98 Å². The molecule has 96 valence electrons. The van der Waals surface area contributed by atoms with E-state index in [0.29, 0.717) is 17.6 Å². The van der Waals surface area contributed by atoms with Crippen LogP contribution < -0.4 is 5.73 Å². The molecule has 0 aliphatic heterocycles. The van der Waals surface area contributed by atoms with Gasteiger partial charge in [-0.25, -0.2) is 0 Å². The molecule has 0 fully saturated rings. The summed E-state index contributed by atoms with van der Waals surface area (Å²) in [5, 5.41) is 3.94. The van der Waals surface area contributed by atoms with Crippen molar-refractivity contribution in [2.75, 3.05) is 0 Å². The molecule has 0 aromatic carbocycles. The van der Waals surface area contributed by atoms with Crippen LogP contribution in [0.4, 0.5) is 0 Å². The third kappa shape index (κ3) is 2.76. The Kier molecular flexibility index (Phi) is 4.08. The van der Waals surface area contributed by atoms with Crippen molar-refractivity contribution in [2.24, 2.45) is 11.7 Å². The molecule has 2 rings (SSSR count). The zero-order chi connectivity index (χ0) is 13.1. The van der Waals surface area contributed by atoms with Crippen LogP contribution in [-0.4, -0.2) is 15.1 Å². The molecule has 0 spiro atoms. The topological polar surface area (TPSA) is 77.8 Å². The van der Waals surface area contributed by atoms with Gasteiger partial charge in [-0.15, -0.1) is 0 Å². The highest BCUT2D eigenvalue weighted by molar-refractivity contribution is 9.10. The molecule has 0 aliphatic rings. The molecular weight excluding hydrogens is 296 g/mol. The van der Waals surface area contributed by atoms with E-state index in [4.69, 9.17) is 10.3 Å². The Hall–Kier alpha value is -1.27. The fourth-order valence-corrected chi connectivity index (χ4v) is 1.88. The monoisotopic (exact) mass is 310 g/mol. The van der Waals surface area contributed by atoms with Crippen molar-refractivity contribution in [3.05, 3.63) is 28.8 Å². The van der Waals surface area contributed by atoms with Gasteiger partial charge >= 0.3 is 0 Å². The minimum atomic E-state index is -0.226. The largest absolute Gasteiger partial charge is 0.337 e. The lowest BCUT2D eigenvalue weighted by Crippen LogP contribution is -2.18. The summed E-state index contributed by atoms with van der Waals surface area (Å²) in [4.78, 5) is 8.39.